The molecule has 0 fully saturated rings. The lowest BCUT2D eigenvalue weighted by atomic mass is 10.5. The maximum Gasteiger partial charge on any atom is 0.0428 e. The summed E-state index contributed by atoms with van der Waals surface area (Å²) in [6.45, 7) is 6.25. The van der Waals surface area contributed by atoms with E-state index in [4.69, 9.17) is 5.11 Å². The molecule has 0 heterocycles. The first kappa shape index (κ1) is 9.35. The highest BCUT2D eigenvalue weighted by atomic mass is 16.2. The van der Waals surface area contributed by atoms with E-state index in [2.05, 4.69) is 0 Å². The number of hydrogen-bond donors (Lipinski definition) is 1. The smallest absolute Gasteiger partial charge is 0.0428 e. The molecule has 0 saturated heterocycles. The zero-order chi connectivity index (χ0) is 5.41. The summed E-state index contributed by atoms with van der Waals surface area (Å²) >= 11 is 0. The Balaban J connectivity index is 0. The predicted molar refractivity (Wildman–Crippen MR) is 28.7 cm³/mol. The van der Waals surface area contributed by atoms with Crippen LogP contribution in [-0.4, -0.2) is 11.7 Å². The maximum absolute atomic E-state index is 7.88. The van der Waals surface area contributed by atoms with E-state index in [0.717, 1.165) is 6.42 Å². The van der Waals surface area contributed by atoms with Crippen molar-refractivity contribution >= 4 is 0 Å². The third-order valence-corrected chi connectivity index (χ3v) is 0.224. The van der Waals surface area contributed by atoms with Gasteiger partial charge in [0.25, 0.3) is 0 Å². The van der Waals surface area contributed by atoms with Crippen LogP contribution in [0.25, 0.3) is 0 Å². The van der Waals surface area contributed by atoms with E-state index in [1.54, 1.807) is 0 Å². The zero-order valence-corrected chi connectivity index (χ0v) is 4.86. The fraction of sp³-hybridized carbons (Fsp3) is 1.00. The molecule has 0 spiro atoms. The molecule has 0 aromatic carbocycles. The van der Waals surface area contributed by atoms with E-state index >= 15 is 0 Å². The molecule has 1 N–H and O–H groups in total. The van der Waals surface area contributed by atoms with Crippen LogP contribution in [0, 0.1) is 0 Å². The minimum Gasteiger partial charge on any atom is -0.396 e. The molecular formula is C5H14O. The van der Waals surface area contributed by atoms with Crippen LogP contribution in [0.4, 0.5) is 0 Å². The Hall–Kier alpha value is -0.0400. The van der Waals surface area contributed by atoms with Gasteiger partial charge in [0, 0.05) is 6.61 Å². The first-order valence-electron chi connectivity index (χ1n) is 2.52. The quantitative estimate of drug-likeness (QED) is 0.516. The van der Waals surface area contributed by atoms with Gasteiger partial charge >= 0.3 is 0 Å². The van der Waals surface area contributed by atoms with E-state index < -0.39 is 0 Å². The van der Waals surface area contributed by atoms with Gasteiger partial charge in [-0.3, -0.25) is 0 Å². The van der Waals surface area contributed by atoms with Crippen LogP contribution in [0.15, 0.2) is 0 Å². The zero-order valence-electron chi connectivity index (χ0n) is 4.86. The Morgan fingerprint density at radius 3 is 1.50 bits per heavy atom. The van der Waals surface area contributed by atoms with Crippen LogP contribution in [0.2, 0.25) is 0 Å². The van der Waals surface area contributed by atoms with Crippen LogP contribution in [0.3, 0.4) is 0 Å². The Morgan fingerprint density at radius 1 is 1.33 bits per heavy atom. The van der Waals surface area contributed by atoms with E-state index in [1.807, 2.05) is 20.8 Å². The molecule has 1 heteroatoms. The summed E-state index contributed by atoms with van der Waals surface area (Å²) in [4.78, 5) is 0. The molecule has 0 aliphatic carbocycles. The summed E-state index contributed by atoms with van der Waals surface area (Å²) in [5, 5.41) is 7.88. The molecule has 0 bridgehead atoms. The molecule has 0 amide bonds. The number of hydrogen-bond acceptors (Lipinski definition) is 1. The molecule has 0 radical (unpaired) electrons. The van der Waals surface area contributed by atoms with Gasteiger partial charge in [0.2, 0.25) is 0 Å². The number of rotatable bonds is 1. The third kappa shape index (κ3) is 37.6. The summed E-state index contributed by atoms with van der Waals surface area (Å²) < 4.78 is 0. The Kier molecular flexibility index (Phi) is 31.6. The molecule has 0 aliphatic heterocycles. The average Bonchev–Trinajstić information content (AvgIpc) is 1.72. The lowest BCUT2D eigenvalue weighted by Gasteiger charge is -1.69. The molecule has 0 aromatic rings. The topological polar surface area (TPSA) is 20.2 Å². The summed E-state index contributed by atoms with van der Waals surface area (Å²) in [5.41, 5.74) is 0. The van der Waals surface area contributed by atoms with Gasteiger partial charge in [-0.15, -0.1) is 0 Å². The summed E-state index contributed by atoms with van der Waals surface area (Å²) in [7, 11) is 0. The van der Waals surface area contributed by atoms with Gasteiger partial charge < -0.3 is 5.11 Å². The van der Waals surface area contributed by atoms with Crippen LogP contribution < -0.4 is 0 Å². The minimum atomic E-state index is 0.319. The van der Waals surface area contributed by atoms with Crippen LogP contribution >= 0.6 is 0 Å². The van der Waals surface area contributed by atoms with Crippen molar-refractivity contribution in [3.8, 4) is 0 Å². The monoisotopic (exact) mass is 90.1 g/mol. The van der Waals surface area contributed by atoms with Gasteiger partial charge in [-0.1, -0.05) is 20.8 Å². The fourth-order valence-electron chi connectivity index (χ4n) is 0. The summed E-state index contributed by atoms with van der Waals surface area (Å²) in [6, 6.07) is 0. The second kappa shape index (κ2) is 20.2. The van der Waals surface area contributed by atoms with E-state index in [-0.39, 0.29) is 0 Å². The highest BCUT2D eigenvalue weighted by Crippen LogP contribution is 1.61. The minimum absolute atomic E-state index is 0.319. The average molecular weight is 90.2 g/mol. The molecule has 0 rings (SSSR count). The largest absolute Gasteiger partial charge is 0.396 e. The maximum atomic E-state index is 7.88. The van der Waals surface area contributed by atoms with Gasteiger partial charge in [-0.2, -0.15) is 0 Å². The molecule has 0 saturated carbocycles. The Bertz CT molecular complexity index is 5.90. The van der Waals surface area contributed by atoms with Crippen LogP contribution in [0.1, 0.15) is 27.2 Å². The molecule has 1 nitrogen and oxygen atoms in total. The van der Waals surface area contributed by atoms with Crippen molar-refractivity contribution in [2.24, 2.45) is 0 Å². The van der Waals surface area contributed by atoms with Gasteiger partial charge in [0.1, 0.15) is 0 Å². The lowest BCUT2D eigenvalue weighted by Crippen LogP contribution is -1.69. The van der Waals surface area contributed by atoms with E-state index in [9.17, 15) is 0 Å². The molecule has 0 atom stereocenters. The van der Waals surface area contributed by atoms with E-state index in [1.165, 1.54) is 0 Å². The van der Waals surface area contributed by atoms with Gasteiger partial charge in [0.15, 0.2) is 0 Å². The SMILES string of the molecule is CC.CCCO. The Morgan fingerprint density at radius 2 is 1.50 bits per heavy atom. The standard InChI is InChI=1S/C3H8O.C2H6/c1-2-3-4;1-2/h4H,2-3H2,1H3;1-2H3. The molecule has 0 unspecified atom stereocenters. The summed E-state index contributed by atoms with van der Waals surface area (Å²) in [5.74, 6) is 0. The second-order valence-electron chi connectivity index (χ2n) is 0.724. The number of aliphatic hydroxyl groups is 1. The number of aliphatic hydroxyl groups excluding tert-OH is 1. The first-order chi connectivity index (χ1) is 2.91. The lowest BCUT2D eigenvalue weighted by molar-refractivity contribution is 0.295. The van der Waals surface area contributed by atoms with Gasteiger partial charge in [0.05, 0.1) is 0 Å². The van der Waals surface area contributed by atoms with Crippen molar-refractivity contribution in [2.75, 3.05) is 6.61 Å². The van der Waals surface area contributed by atoms with Gasteiger partial charge in [-0.25, -0.2) is 0 Å². The highest BCUT2D eigenvalue weighted by Gasteiger charge is 1.57. The molecule has 6 heavy (non-hydrogen) atoms. The van der Waals surface area contributed by atoms with Crippen LogP contribution in [-0.2, 0) is 0 Å². The van der Waals surface area contributed by atoms with Crippen molar-refractivity contribution < 1.29 is 5.11 Å². The molecule has 0 aliphatic rings. The van der Waals surface area contributed by atoms with Crippen molar-refractivity contribution in [3.63, 3.8) is 0 Å². The second-order valence-corrected chi connectivity index (χ2v) is 0.724. The van der Waals surface area contributed by atoms with Crippen molar-refractivity contribution in [2.45, 2.75) is 27.2 Å². The van der Waals surface area contributed by atoms with Gasteiger partial charge in [-0.05, 0) is 6.42 Å². The fourth-order valence-corrected chi connectivity index (χ4v) is 0. The summed E-state index contributed by atoms with van der Waals surface area (Å²) in [6.07, 6.45) is 0.875. The Labute approximate surface area is 40.0 Å². The van der Waals surface area contributed by atoms with E-state index in [0.29, 0.717) is 6.61 Å². The molecule has 0 aromatic heterocycles. The predicted octanol–water partition coefficient (Wildman–Crippen LogP) is 1.41. The first-order valence-corrected chi connectivity index (χ1v) is 2.52. The van der Waals surface area contributed by atoms with Crippen molar-refractivity contribution in [1.82, 2.24) is 0 Å². The normalized spacial score (nSPS) is 6.00. The molecular weight excluding hydrogens is 76.1 g/mol. The third-order valence-electron chi connectivity index (χ3n) is 0.224. The molecule has 40 valence electrons. The highest BCUT2D eigenvalue weighted by molar-refractivity contribution is 4.10. The van der Waals surface area contributed by atoms with Crippen molar-refractivity contribution in [3.05, 3.63) is 0 Å². The van der Waals surface area contributed by atoms with Crippen LogP contribution in [0.5, 0.6) is 0 Å². The van der Waals surface area contributed by atoms with Crippen molar-refractivity contribution in [1.29, 1.82) is 0 Å².